The van der Waals surface area contributed by atoms with E-state index in [1.54, 1.807) is 19.9 Å². The number of piperidine rings is 1. The lowest BCUT2D eigenvalue weighted by molar-refractivity contribution is -0.921. The predicted molar refractivity (Wildman–Crippen MR) is 97.8 cm³/mol. The van der Waals surface area contributed by atoms with Crippen LogP contribution in [0.25, 0.3) is 0 Å². The highest BCUT2D eigenvalue weighted by molar-refractivity contribution is 5.95. The largest absolute Gasteiger partial charge is 0.496 e. The highest BCUT2D eigenvalue weighted by Crippen LogP contribution is 2.29. The van der Waals surface area contributed by atoms with Crippen molar-refractivity contribution in [2.45, 2.75) is 32.7 Å². The van der Waals surface area contributed by atoms with Gasteiger partial charge in [-0.3, -0.25) is 19.7 Å². The van der Waals surface area contributed by atoms with Gasteiger partial charge in [-0.15, -0.1) is 0 Å². The van der Waals surface area contributed by atoms with E-state index in [-0.39, 0.29) is 29.2 Å². The lowest BCUT2D eigenvalue weighted by atomic mass is 9.97. The zero-order valence-electron chi connectivity index (χ0n) is 15.8. The Labute approximate surface area is 157 Å². The van der Waals surface area contributed by atoms with Gasteiger partial charge in [-0.25, -0.2) is 0 Å². The van der Waals surface area contributed by atoms with E-state index in [0.29, 0.717) is 18.9 Å². The third-order valence-corrected chi connectivity index (χ3v) is 4.84. The second kappa shape index (κ2) is 9.31. The molecule has 0 aromatic heterocycles. The number of anilines is 1. The van der Waals surface area contributed by atoms with Crippen molar-refractivity contribution in [3.8, 4) is 5.75 Å². The van der Waals surface area contributed by atoms with E-state index in [0.717, 1.165) is 24.3 Å². The number of nitrogens with zero attached hydrogens (tertiary/aromatic N) is 1. The van der Waals surface area contributed by atoms with Gasteiger partial charge in [-0.2, -0.15) is 0 Å². The minimum atomic E-state index is -0.562. The summed E-state index contributed by atoms with van der Waals surface area (Å²) in [5.41, 5.74) is -0.107. The van der Waals surface area contributed by atoms with Crippen LogP contribution >= 0.6 is 0 Å². The summed E-state index contributed by atoms with van der Waals surface area (Å²) in [5, 5.41) is 13.9. The van der Waals surface area contributed by atoms with Crippen LogP contribution < -0.4 is 15.0 Å². The number of carbonyl (C=O) groups is 2. The molecule has 1 aliphatic rings. The standard InChI is InChI=1S/C18H25N3O6/c1-4-27-18(23)13-6-5-9-20(11-13)12(2)17(22)19-15-8-7-14(26-3)10-16(15)21(24)25/h7-8,10,12-13H,4-6,9,11H2,1-3H3,(H,19,22)/p+1/t12-,13+/m0/s1. The predicted octanol–water partition coefficient (Wildman–Crippen LogP) is 0.788. The molecule has 27 heavy (non-hydrogen) atoms. The molecule has 1 unspecified atom stereocenters. The van der Waals surface area contributed by atoms with Crippen molar-refractivity contribution in [1.82, 2.24) is 0 Å². The molecule has 1 heterocycles. The van der Waals surface area contributed by atoms with Gasteiger partial charge in [0.15, 0.2) is 6.04 Å². The summed E-state index contributed by atoms with van der Waals surface area (Å²) in [6.45, 7) is 5.13. The molecule has 1 aliphatic heterocycles. The zero-order chi connectivity index (χ0) is 20.0. The second-order valence-electron chi connectivity index (χ2n) is 6.55. The van der Waals surface area contributed by atoms with Gasteiger partial charge in [-0.05, 0) is 38.8 Å². The molecule has 0 bridgehead atoms. The monoisotopic (exact) mass is 380 g/mol. The van der Waals surface area contributed by atoms with Crippen molar-refractivity contribution >= 4 is 23.3 Å². The first-order chi connectivity index (χ1) is 12.9. The Bertz CT molecular complexity index is 708. The molecule has 1 aromatic rings. The first kappa shape index (κ1) is 20.6. The number of amides is 1. The number of esters is 1. The van der Waals surface area contributed by atoms with Gasteiger partial charge in [0.25, 0.3) is 11.6 Å². The van der Waals surface area contributed by atoms with E-state index in [1.807, 2.05) is 0 Å². The summed E-state index contributed by atoms with van der Waals surface area (Å²) in [7, 11) is 1.42. The number of likely N-dealkylation sites (tertiary alicyclic amines) is 1. The van der Waals surface area contributed by atoms with Crippen LogP contribution in [0, 0.1) is 16.0 Å². The van der Waals surface area contributed by atoms with E-state index >= 15 is 0 Å². The maximum atomic E-state index is 12.6. The second-order valence-corrected chi connectivity index (χ2v) is 6.55. The minimum absolute atomic E-state index is 0.121. The minimum Gasteiger partial charge on any atom is -0.496 e. The van der Waals surface area contributed by atoms with E-state index < -0.39 is 11.0 Å². The van der Waals surface area contributed by atoms with Gasteiger partial charge in [0.2, 0.25) is 0 Å². The number of rotatable bonds is 7. The molecule has 1 aromatic carbocycles. The van der Waals surface area contributed by atoms with E-state index in [9.17, 15) is 19.7 Å². The first-order valence-corrected chi connectivity index (χ1v) is 9.01. The topological polar surface area (TPSA) is 112 Å². The highest BCUT2D eigenvalue weighted by Gasteiger charge is 2.35. The van der Waals surface area contributed by atoms with Crippen molar-refractivity contribution in [1.29, 1.82) is 0 Å². The Morgan fingerprint density at radius 1 is 1.44 bits per heavy atom. The third kappa shape index (κ3) is 5.16. The number of nitro benzene ring substituents is 1. The van der Waals surface area contributed by atoms with E-state index in [2.05, 4.69) is 5.32 Å². The Morgan fingerprint density at radius 3 is 2.81 bits per heavy atom. The van der Waals surface area contributed by atoms with Crippen molar-refractivity contribution in [3.63, 3.8) is 0 Å². The molecule has 2 rings (SSSR count). The summed E-state index contributed by atoms with van der Waals surface area (Å²) in [4.78, 5) is 36.3. The fourth-order valence-electron chi connectivity index (χ4n) is 3.27. The van der Waals surface area contributed by atoms with E-state index in [4.69, 9.17) is 9.47 Å². The number of quaternary nitrogens is 1. The first-order valence-electron chi connectivity index (χ1n) is 9.01. The van der Waals surface area contributed by atoms with Crippen LogP contribution in [0.3, 0.4) is 0 Å². The van der Waals surface area contributed by atoms with Crippen LogP contribution in [0.1, 0.15) is 26.7 Å². The number of nitrogens with one attached hydrogen (secondary N) is 2. The van der Waals surface area contributed by atoms with E-state index in [1.165, 1.54) is 19.2 Å². The molecule has 1 fully saturated rings. The number of hydrogen-bond acceptors (Lipinski definition) is 6. The SMILES string of the molecule is CCOC(=O)[C@@H]1CCC[NH+]([C@@H](C)C(=O)Nc2ccc(OC)cc2[N+](=O)[O-])C1. The van der Waals surface area contributed by atoms with Crippen LogP contribution in [-0.4, -0.2) is 49.6 Å². The third-order valence-electron chi connectivity index (χ3n) is 4.84. The number of hydrogen-bond donors (Lipinski definition) is 2. The molecule has 1 saturated heterocycles. The van der Waals surface area contributed by atoms with Gasteiger partial charge >= 0.3 is 5.97 Å². The summed E-state index contributed by atoms with van der Waals surface area (Å²) in [6.07, 6.45) is 1.57. The number of ether oxygens (including phenoxy) is 2. The van der Waals surface area contributed by atoms with Crippen molar-refractivity contribution in [2.75, 3.05) is 32.1 Å². The number of carbonyl (C=O) groups excluding carboxylic acids is 2. The number of benzene rings is 1. The Balaban J connectivity index is 2.07. The van der Waals surface area contributed by atoms with Crippen LogP contribution in [0.4, 0.5) is 11.4 Å². The summed E-state index contributed by atoms with van der Waals surface area (Å²) in [5.74, 6) is -0.443. The Morgan fingerprint density at radius 2 is 2.19 bits per heavy atom. The van der Waals surface area contributed by atoms with Crippen molar-refractivity contribution in [3.05, 3.63) is 28.3 Å². The quantitative estimate of drug-likeness (QED) is 0.411. The average molecular weight is 380 g/mol. The molecule has 1 amide bonds. The van der Waals surface area contributed by atoms with Crippen LogP contribution in [0.15, 0.2) is 18.2 Å². The fourth-order valence-corrected chi connectivity index (χ4v) is 3.27. The molecule has 2 N–H and O–H groups in total. The molecule has 9 heteroatoms. The summed E-state index contributed by atoms with van der Waals surface area (Å²) < 4.78 is 10.1. The molecule has 148 valence electrons. The number of nitro groups is 1. The van der Waals surface area contributed by atoms with Crippen molar-refractivity contribution < 1.29 is 28.9 Å². The molecule has 3 atom stereocenters. The lowest BCUT2D eigenvalue weighted by Gasteiger charge is -2.32. The maximum absolute atomic E-state index is 12.6. The fraction of sp³-hybridized carbons (Fsp3) is 0.556. The highest BCUT2D eigenvalue weighted by atomic mass is 16.6. The van der Waals surface area contributed by atoms with Gasteiger partial charge in [0.1, 0.15) is 17.4 Å². The average Bonchev–Trinajstić information content (AvgIpc) is 2.67. The van der Waals surface area contributed by atoms with Gasteiger partial charge in [-0.1, -0.05) is 0 Å². The molecule has 0 spiro atoms. The molecule has 0 saturated carbocycles. The zero-order valence-corrected chi connectivity index (χ0v) is 15.8. The Hall–Kier alpha value is -2.68. The summed E-state index contributed by atoms with van der Waals surface area (Å²) in [6, 6.07) is 3.82. The molecule has 0 radical (unpaired) electrons. The molecule has 0 aliphatic carbocycles. The lowest BCUT2D eigenvalue weighted by Crippen LogP contribution is -3.18. The number of methoxy groups -OCH3 is 1. The summed E-state index contributed by atoms with van der Waals surface area (Å²) >= 11 is 0. The molecule has 9 nitrogen and oxygen atoms in total. The van der Waals surface area contributed by atoms with Gasteiger partial charge in [0.05, 0.1) is 37.8 Å². The van der Waals surface area contributed by atoms with Gasteiger partial charge < -0.3 is 19.7 Å². The Kier molecular flexibility index (Phi) is 7.12. The molecular weight excluding hydrogens is 354 g/mol. The maximum Gasteiger partial charge on any atom is 0.314 e. The van der Waals surface area contributed by atoms with Crippen LogP contribution in [0.5, 0.6) is 5.75 Å². The van der Waals surface area contributed by atoms with Crippen molar-refractivity contribution in [2.24, 2.45) is 5.92 Å². The van der Waals surface area contributed by atoms with Crippen LogP contribution in [-0.2, 0) is 14.3 Å². The molecular formula is C18H26N3O6+. The smallest absolute Gasteiger partial charge is 0.314 e. The van der Waals surface area contributed by atoms with Gasteiger partial charge in [0, 0.05) is 0 Å². The normalized spacial score (nSPS) is 20.4. The van der Waals surface area contributed by atoms with Crippen LogP contribution in [0.2, 0.25) is 0 Å².